The zero-order valence-electron chi connectivity index (χ0n) is 22.2. The first-order valence-corrected chi connectivity index (χ1v) is 13.5. The van der Waals surface area contributed by atoms with Gasteiger partial charge in [0.25, 0.3) is 5.91 Å². The Balaban J connectivity index is 1.41. The van der Waals surface area contributed by atoms with Crippen LogP contribution in [-0.2, 0) is 16.1 Å². The highest BCUT2D eigenvalue weighted by molar-refractivity contribution is 5.94. The van der Waals surface area contributed by atoms with Crippen molar-refractivity contribution in [2.45, 2.75) is 32.9 Å². The summed E-state index contributed by atoms with van der Waals surface area (Å²) in [6, 6.07) is 15.2. The highest BCUT2D eigenvalue weighted by Crippen LogP contribution is 2.24. The van der Waals surface area contributed by atoms with Gasteiger partial charge in [0.05, 0.1) is 24.8 Å². The van der Waals surface area contributed by atoms with Gasteiger partial charge in [-0.05, 0) is 36.6 Å². The van der Waals surface area contributed by atoms with E-state index in [1.807, 2.05) is 68.9 Å². The fourth-order valence-corrected chi connectivity index (χ4v) is 5.34. The highest BCUT2D eigenvalue weighted by Gasteiger charge is 2.37. The van der Waals surface area contributed by atoms with Crippen LogP contribution in [0.3, 0.4) is 0 Å². The Labute approximate surface area is 223 Å². The molecule has 2 atom stereocenters. The molecule has 0 saturated carbocycles. The van der Waals surface area contributed by atoms with Gasteiger partial charge in [0.2, 0.25) is 5.91 Å². The molecule has 1 aromatic carbocycles. The first-order chi connectivity index (χ1) is 18.5. The molecule has 0 aliphatic carbocycles. The lowest BCUT2D eigenvalue weighted by atomic mass is 9.92. The molecular formula is C29H37N5O4. The van der Waals surface area contributed by atoms with Gasteiger partial charge in [-0.2, -0.15) is 0 Å². The van der Waals surface area contributed by atoms with Gasteiger partial charge in [-0.15, -0.1) is 0 Å². The first kappa shape index (κ1) is 26.2. The van der Waals surface area contributed by atoms with E-state index in [4.69, 9.17) is 14.5 Å². The lowest BCUT2D eigenvalue weighted by Crippen LogP contribution is -2.56. The van der Waals surface area contributed by atoms with E-state index < -0.39 is 0 Å². The van der Waals surface area contributed by atoms with Gasteiger partial charge < -0.3 is 24.6 Å². The van der Waals surface area contributed by atoms with Crippen molar-refractivity contribution in [3.05, 3.63) is 66.1 Å². The Morgan fingerprint density at radius 3 is 2.63 bits per heavy atom. The molecule has 2 fully saturated rings. The van der Waals surface area contributed by atoms with Crippen LogP contribution in [-0.4, -0.2) is 83.0 Å². The van der Waals surface area contributed by atoms with Crippen molar-refractivity contribution in [3.63, 3.8) is 0 Å². The Morgan fingerprint density at radius 2 is 1.87 bits per heavy atom. The summed E-state index contributed by atoms with van der Waals surface area (Å²) in [7, 11) is 0. The molecule has 2 aromatic heterocycles. The number of ether oxygens (including phenoxy) is 2. The van der Waals surface area contributed by atoms with Crippen molar-refractivity contribution in [2.75, 3.05) is 45.9 Å². The molecule has 0 spiro atoms. The zero-order valence-corrected chi connectivity index (χ0v) is 22.2. The summed E-state index contributed by atoms with van der Waals surface area (Å²) in [5.74, 6) is 0.843. The molecule has 2 aliphatic heterocycles. The van der Waals surface area contributed by atoms with Crippen LogP contribution in [0.2, 0.25) is 0 Å². The number of benzene rings is 1. The van der Waals surface area contributed by atoms with Gasteiger partial charge in [-0.3, -0.25) is 14.0 Å². The van der Waals surface area contributed by atoms with Gasteiger partial charge in [0, 0.05) is 45.0 Å². The second kappa shape index (κ2) is 12.0. The number of para-hydroxylation sites is 1. The molecule has 202 valence electrons. The smallest absolute Gasteiger partial charge is 0.274 e. The van der Waals surface area contributed by atoms with E-state index in [1.165, 1.54) is 0 Å². The van der Waals surface area contributed by atoms with E-state index >= 15 is 0 Å². The van der Waals surface area contributed by atoms with Crippen LogP contribution in [0.5, 0.6) is 5.75 Å². The predicted octanol–water partition coefficient (Wildman–Crippen LogP) is 2.85. The minimum absolute atomic E-state index is 0.110. The number of carbonyl (C=O) groups excluding carboxylic acids is 2. The fourth-order valence-electron chi connectivity index (χ4n) is 5.34. The van der Waals surface area contributed by atoms with E-state index in [-0.39, 0.29) is 36.3 Å². The molecule has 2 saturated heterocycles. The molecule has 38 heavy (non-hydrogen) atoms. The van der Waals surface area contributed by atoms with Crippen molar-refractivity contribution >= 4 is 17.5 Å². The molecule has 5 rings (SSSR count). The molecule has 4 heterocycles. The van der Waals surface area contributed by atoms with E-state index in [0.717, 1.165) is 5.75 Å². The third kappa shape index (κ3) is 5.84. The predicted molar refractivity (Wildman–Crippen MR) is 144 cm³/mol. The van der Waals surface area contributed by atoms with Crippen LogP contribution >= 0.6 is 0 Å². The lowest BCUT2D eigenvalue weighted by molar-refractivity contribution is -0.140. The normalized spacial score (nSPS) is 20.0. The second-order valence-corrected chi connectivity index (χ2v) is 10.5. The standard InChI is InChI=1S/C29H37N5O4/c1-21(2)19-34(23-16-22(17-30-18-23)28(35)32-12-14-37-15-13-32)29(36)27-25(20-38-24-8-4-3-5-9-24)33-11-7-6-10-26(33)31-27/h3-11,21-23,30H,12-20H2,1-2H3/t22-,23+/m1/s1. The summed E-state index contributed by atoms with van der Waals surface area (Å²) in [5.41, 5.74) is 1.82. The summed E-state index contributed by atoms with van der Waals surface area (Å²) >= 11 is 0. The van der Waals surface area contributed by atoms with Crippen LogP contribution < -0.4 is 10.1 Å². The molecule has 0 bridgehead atoms. The average Bonchev–Trinajstić information content (AvgIpc) is 3.33. The minimum Gasteiger partial charge on any atom is -0.487 e. The Hall–Kier alpha value is -3.43. The molecular weight excluding hydrogens is 482 g/mol. The first-order valence-electron chi connectivity index (χ1n) is 13.5. The van der Waals surface area contributed by atoms with E-state index in [2.05, 4.69) is 19.2 Å². The van der Waals surface area contributed by atoms with E-state index in [9.17, 15) is 9.59 Å². The van der Waals surface area contributed by atoms with Crippen LogP contribution in [0.25, 0.3) is 5.65 Å². The van der Waals surface area contributed by atoms with Crippen molar-refractivity contribution in [1.29, 1.82) is 0 Å². The Bertz CT molecular complexity index is 1240. The SMILES string of the molecule is CC(C)CN(C(=O)c1nc2ccccn2c1COc1ccccc1)[C@@H]1CNC[C@H](C(=O)N2CCOCC2)C1. The maximum Gasteiger partial charge on any atom is 0.274 e. The molecule has 9 nitrogen and oxygen atoms in total. The minimum atomic E-state index is -0.170. The van der Waals surface area contributed by atoms with Crippen molar-refractivity contribution in [1.82, 2.24) is 24.5 Å². The third-order valence-corrected chi connectivity index (χ3v) is 7.21. The quantitative estimate of drug-likeness (QED) is 0.493. The number of morpholine rings is 1. The largest absolute Gasteiger partial charge is 0.487 e. The molecule has 0 radical (unpaired) electrons. The molecule has 9 heteroatoms. The van der Waals surface area contributed by atoms with Gasteiger partial charge in [-0.1, -0.05) is 38.1 Å². The van der Waals surface area contributed by atoms with Crippen molar-refractivity contribution < 1.29 is 19.1 Å². The maximum atomic E-state index is 14.2. The zero-order chi connectivity index (χ0) is 26.5. The number of rotatable bonds is 8. The number of hydrogen-bond acceptors (Lipinski definition) is 6. The number of nitrogens with zero attached hydrogens (tertiary/aromatic N) is 4. The summed E-state index contributed by atoms with van der Waals surface area (Å²) in [6.07, 6.45) is 2.54. The number of aromatic nitrogens is 2. The second-order valence-electron chi connectivity index (χ2n) is 10.5. The van der Waals surface area contributed by atoms with Crippen LogP contribution in [0.4, 0.5) is 0 Å². The van der Waals surface area contributed by atoms with E-state index in [1.54, 1.807) is 0 Å². The van der Waals surface area contributed by atoms with Crippen LogP contribution in [0.1, 0.15) is 36.5 Å². The topological polar surface area (TPSA) is 88.4 Å². The van der Waals surface area contributed by atoms with Crippen molar-refractivity contribution in [2.24, 2.45) is 11.8 Å². The van der Waals surface area contributed by atoms with Crippen LogP contribution in [0.15, 0.2) is 54.7 Å². The number of carbonyl (C=O) groups is 2. The maximum absolute atomic E-state index is 14.2. The number of pyridine rings is 1. The van der Waals surface area contributed by atoms with Gasteiger partial charge in [0.15, 0.2) is 5.69 Å². The van der Waals surface area contributed by atoms with Crippen molar-refractivity contribution in [3.8, 4) is 5.75 Å². The lowest BCUT2D eigenvalue weighted by Gasteiger charge is -2.40. The summed E-state index contributed by atoms with van der Waals surface area (Å²) < 4.78 is 13.4. The summed E-state index contributed by atoms with van der Waals surface area (Å²) in [6.45, 7) is 8.69. The number of nitrogens with one attached hydrogen (secondary N) is 1. The number of hydrogen-bond donors (Lipinski definition) is 1. The van der Waals surface area contributed by atoms with Gasteiger partial charge in [0.1, 0.15) is 18.0 Å². The molecule has 2 amide bonds. The monoisotopic (exact) mass is 519 g/mol. The van der Waals surface area contributed by atoms with Crippen LogP contribution in [0, 0.1) is 11.8 Å². The Morgan fingerprint density at radius 1 is 1.11 bits per heavy atom. The fraction of sp³-hybridized carbons (Fsp3) is 0.483. The average molecular weight is 520 g/mol. The molecule has 2 aliphatic rings. The third-order valence-electron chi connectivity index (χ3n) is 7.21. The number of piperidine rings is 1. The van der Waals surface area contributed by atoms with Gasteiger partial charge in [-0.25, -0.2) is 4.98 Å². The number of fused-ring (bicyclic) bond motifs is 1. The summed E-state index contributed by atoms with van der Waals surface area (Å²) in [5, 5.41) is 3.43. The number of imidazole rings is 1. The summed E-state index contributed by atoms with van der Waals surface area (Å²) in [4.78, 5) is 36.1. The molecule has 1 N–H and O–H groups in total. The highest BCUT2D eigenvalue weighted by atomic mass is 16.5. The van der Waals surface area contributed by atoms with Gasteiger partial charge >= 0.3 is 0 Å². The molecule has 0 unspecified atom stereocenters. The van der Waals surface area contributed by atoms with E-state index in [0.29, 0.717) is 69.4 Å². The number of amides is 2. The Kier molecular flexibility index (Phi) is 8.24. The molecule has 3 aromatic rings.